The van der Waals surface area contributed by atoms with Crippen LogP contribution in [0.5, 0.6) is 0 Å². The van der Waals surface area contributed by atoms with Crippen molar-refractivity contribution in [3.05, 3.63) is 191 Å². The highest BCUT2D eigenvalue weighted by Gasteiger charge is 2.53. The highest BCUT2D eigenvalue weighted by atomic mass is 14.5. The summed E-state index contributed by atoms with van der Waals surface area (Å²) in [5.74, 6) is 0. The lowest BCUT2D eigenvalue weighted by Gasteiger charge is -2.46. The van der Waals surface area contributed by atoms with E-state index in [9.17, 15) is 0 Å². The molecule has 0 fully saturated rings. The van der Waals surface area contributed by atoms with Crippen molar-refractivity contribution in [3.8, 4) is 33.4 Å². The second-order valence-corrected chi connectivity index (χ2v) is 12.1. The first kappa shape index (κ1) is 17.2. The van der Waals surface area contributed by atoms with E-state index in [0.717, 1.165) is 55.3 Å². The van der Waals surface area contributed by atoms with Crippen LogP contribution in [-0.4, -0.2) is 0 Å². The first-order valence-corrected chi connectivity index (χ1v) is 14.8. The van der Waals surface area contributed by atoms with E-state index >= 15 is 0 Å². The van der Waals surface area contributed by atoms with E-state index in [4.69, 9.17) is 13.7 Å². The van der Waals surface area contributed by atoms with Crippen LogP contribution >= 0.6 is 0 Å². The Kier molecular flexibility index (Phi) is 3.57. The van der Waals surface area contributed by atoms with Gasteiger partial charge in [0.05, 0.1) is 19.1 Å². The molecule has 0 heterocycles. The Morgan fingerprint density at radius 2 is 0.977 bits per heavy atom. The first-order valence-electron chi connectivity index (χ1n) is 19.8. The molecule has 0 saturated heterocycles. The summed E-state index contributed by atoms with van der Waals surface area (Å²) in [6.07, 6.45) is 0. The summed E-state index contributed by atoms with van der Waals surface area (Å²) >= 11 is 0. The second-order valence-electron chi connectivity index (χ2n) is 12.1. The maximum Gasteiger partial charge on any atom is 0.0720 e. The molecule has 208 valence electrons. The number of benzene rings is 7. The Labute approximate surface area is 273 Å². The first-order chi connectivity index (χ1) is 25.7. The molecule has 0 amide bonds. The molecule has 2 aliphatic carbocycles. The minimum Gasteiger partial charge on any atom is -0.0622 e. The van der Waals surface area contributed by atoms with Crippen molar-refractivity contribution in [3.63, 3.8) is 0 Å². The molecule has 7 aromatic carbocycles. The van der Waals surface area contributed by atoms with Gasteiger partial charge in [0.15, 0.2) is 0 Å². The number of fused-ring (bicyclic) bond motifs is 11. The molecule has 0 aliphatic heterocycles. The molecular weight excluding hydrogens is 528 g/mol. The Hall–Kier alpha value is -5.20. The van der Waals surface area contributed by atoms with Gasteiger partial charge in [0.25, 0.3) is 0 Å². The normalized spacial score (nSPS) is 18.1. The molecule has 0 atom stereocenters. The fourth-order valence-electron chi connectivity index (χ4n) is 7.90. The molecule has 0 aromatic heterocycles. The predicted molar refractivity (Wildman–Crippen MR) is 184 cm³/mol. The standard InChI is InChI=1S/C44H32/c1-43(2)36-21-11-13-23-38(36)44(39-24-14-12-22-37(39)43)40-27-31(29-15-5-3-6-16-29)25-26-34(40)42-33-20-10-9-19-32(33)35(28-41(42)44)30-17-7-4-8-18-30/h3-28H,1-2H3/i3D,4D,5D,6D,7D,8D,15D,16D,17D,18D. The summed E-state index contributed by atoms with van der Waals surface area (Å²) in [5.41, 5.74) is 7.54. The van der Waals surface area contributed by atoms with Gasteiger partial charge in [0.1, 0.15) is 0 Å². The van der Waals surface area contributed by atoms with Gasteiger partial charge in [-0.15, -0.1) is 0 Å². The lowest BCUT2D eigenvalue weighted by atomic mass is 9.55. The number of hydrogen-bond acceptors (Lipinski definition) is 0. The smallest absolute Gasteiger partial charge is 0.0622 e. The van der Waals surface area contributed by atoms with Crippen LogP contribution in [0.3, 0.4) is 0 Å². The van der Waals surface area contributed by atoms with Crippen LogP contribution < -0.4 is 0 Å². The molecule has 44 heavy (non-hydrogen) atoms. The molecular formula is C44H32. The van der Waals surface area contributed by atoms with E-state index in [1.54, 1.807) is 0 Å². The fraction of sp³-hybridized carbons (Fsp3) is 0.0909. The molecule has 0 heteroatoms. The third-order valence-electron chi connectivity index (χ3n) is 9.71. The summed E-state index contributed by atoms with van der Waals surface area (Å²) < 4.78 is 86.6. The molecule has 2 aliphatic rings. The zero-order chi connectivity index (χ0) is 38.2. The lowest BCUT2D eigenvalue weighted by Crippen LogP contribution is -2.40. The minimum absolute atomic E-state index is 0.109. The minimum atomic E-state index is -1.01. The van der Waals surface area contributed by atoms with Crippen LogP contribution in [0.2, 0.25) is 0 Å². The summed E-state index contributed by atoms with van der Waals surface area (Å²) in [4.78, 5) is 0. The monoisotopic (exact) mass is 570 g/mol. The largest absolute Gasteiger partial charge is 0.0720 e. The molecule has 1 spiro atoms. The van der Waals surface area contributed by atoms with E-state index in [1.807, 2.05) is 72.8 Å². The van der Waals surface area contributed by atoms with Crippen molar-refractivity contribution in [2.45, 2.75) is 24.7 Å². The highest BCUT2D eigenvalue weighted by Crippen LogP contribution is 2.64. The van der Waals surface area contributed by atoms with Gasteiger partial charge in [0.2, 0.25) is 0 Å². The molecule has 7 aromatic rings. The van der Waals surface area contributed by atoms with E-state index < -0.39 is 47.1 Å². The van der Waals surface area contributed by atoms with Gasteiger partial charge in [-0.2, -0.15) is 0 Å². The Morgan fingerprint density at radius 1 is 0.432 bits per heavy atom. The van der Waals surface area contributed by atoms with Crippen molar-refractivity contribution in [1.29, 1.82) is 0 Å². The third-order valence-corrected chi connectivity index (χ3v) is 9.71. The molecule has 0 radical (unpaired) electrons. The zero-order valence-electron chi connectivity index (χ0n) is 34.2. The van der Waals surface area contributed by atoms with E-state index in [2.05, 4.69) is 38.1 Å². The highest BCUT2D eigenvalue weighted by molar-refractivity contribution is 6.10. The average Bonchev–Trinajstić information content (AvgIpc) is 3.47. The Bertz CT molecular complexity index is 2710. The van der Waals surface area contributed by atoms with Crippen molar-refractivity contribution in [2.75, 3.05) is 0 Å². The van der Waals surface area contributed by atoms with Gasteiger partial charge in [-0.3, -0.25) is 0 Å². The maximum absolute atomic E-state index is 9.06. The van der Waals surface area contributed by atoms with Gasteiger partial charge in [0, 0.05) is 5.41 Å². The van der Waals surface area contributed by atoms with Crippen LogP contribution in [0.15, 0.2) is 157 Å². The maximum atomic E-state index is 9.06. The Balaban J connectivity index is 1.51. The molecule has 9 rings (SSSR count). The van der Waals surface area contributed by atoms with Crippen LogP contribution in [0.25, 0.3) is 44.2 Å². The van der Waals surface area contributed by atoms with Crippen molar-refractivity contribution < 1.29 is 13.7 Å². The lowest BCUT2D eigenvalue weighted by molar-refractivity contribution is 0.563. The average molecular weight is 571 g/mol. The topological polar surface area (TPSA) is 0 Å². The quantitative estimate of drug-likeness (QED) is 0.194. The van der Waals surface area contributed by atoms with Gasteiger partial charge in [-0.25, -0.2) is 0 Å². The summed E-state index contributed by atoms with van der Waals surface area (Å²) in [6, 6.07) is 28.4. The van der Waals surface area contributed by atoms with Crippen LogP contribution in [0.1, 0.15) is 60.9 Å². The predicted octanol–water partition coefficient (Wildman–Crippen LogP) is 11.2. The van der Waals surface area contributed by atoms with Gasteiger partial charge >= 0.3 is 0 Å². The molecule has 0 N–H and O–H groups in total. The van der Waals surface area contributed by atoms with Crippen LogP contribution in [0.4, 0.5) is 0 Å². The van der Waals surface area contributed by atoms with Crippen LogP contribution in [-0.2, 0) is 10.8 Å². The summed E-state index contributed by atoms with van der Waals surface area (Å²) in [5, 5.41) is 1.57. The van der Waals surface area contributed by atoms with E-state index in [0.29, 0.717) is 11.1 Å². The van der Waals surface area contributed by atoms with Gasteiger partial charge in [-0.05, 0) is 89.7 Å². The van der Waals surface area contributed by atoms with Gasteiger partial charge in [-0.1, -0.05) is 159 Å². The zero-order valence-corrected chi connectivity index (χ0v) is 24.2. The molecule has 0 nitrogen and oxygen atoms in total. The molecule has 0 unspecified atom stereocenters. The summed E-state index contributed by atoms with van der Waals surface area (Å²) in [6.45, 7) is 4.41. The van der Waals surface area contributed by atoms with E-state index in [-0.39, 0.29) is 35.3 Å². The van der Waals surface area contributed by atoms with Gasteiger partial charge < -0.3 is 0 Å². The molecule has 0 bridgehead atoms. The SMILES string of the molecule is [2H]c1c([2H])c([2H])c(-c2ccc3c(c2)C2(c4ccccc4C(C)(C)c4ccccc42)c2cc(-c4c([2H])c([2H])c([2H])c([2H])c4[2H])c4ccccc4c2-3)c([2H])c1[2H]. The Morgan fingerprint density at radius 3 is 1.61 bits per heavy atom. The fourth-order valence-corrected chi connectivity index (χ4v) is 7.90. The summed E-state index contributed by atoms with van der Waals surface area (Å²) in [7, 11) is 0. The van der Waals surface area contributed by atoms with Crippen molar-refractivity contribution in [2.24, 2.45) is 0 Å². The third kappa shape index (κ3) is 3.23. The molecule has 0 saturated carbocycles. The number of hydrogen-bond donors (Lipinski definition) is 0. The van der Waals surface area contributed by atoms with E-state index in [1.165, 1.54) is 0 Å². The second kappa shape index (κ2) is 9.15. The van der Waals surface area contributed by atoms with Crippen molar-refractivity contribution >= 4 is 10.8 Å². The number of rotatable bonds is 2. The van der Waals surface area contributed by atoms with Crippen LogP contribution in [0, 0.1) is 0 Å². The van der Waals surface area contributed by atoms with Crippen molar-refractivity contribution in [1.82, 2.24) is 0 Å².